The molecule has 1 fully saturated rings. The smallest absolute Gasteiger partial charge is 0.193 e. The van der Waals surface area contributed by atoms with Gasteiger partial charge in [-0.25, -0.2) is 0 Å². The summed E-state index contributed by atoms with van der Waals surface area (Å²) in [5, 5.41) is 3.58. The molecule has 1 aromatic carbocycles. The molecule has 25 heavy (non-hydrogen) atoms. The fourth-order valence-electron chi connectivity index (χ4n) is 3.33. The molecule has 0 bridgehead atoms. The van der Waals surface area contributed by atoms with Crippen LogP contribution in [0.2, 0.25) is 0 Å². The number of benzene rings is 1. The highest BCUT2D eigenvalue weighted by molar-refractivity contribution is 14.0. The van der Waals surface area contributed by atoms with Crippen molar-refractivity contribution in [3.8, 4) is 0 Å². The lowest BCUT2D eigenvalue weighted by Gasteiger charge is -2.35. The molecule has 4 nitrogen and oxygen atoms in total. The number of hydrogen-bond acceptors (Lipinski definition) is 2. The van der Waals surface area contributed by atoms with E-state index in [0.29, 0.717) is 6.10 Å². The van der Waals surface area contributed by atoms with Crippen LogP contribution in [-0.2, 0) is 11.2 Å². The van der Waals surface area contributed by atoms with Crippen LogP contribution in [0.25, 0.3) is 0 Å². The Hall–Kier alpha value is -0.820. The Kier molecular flexibility index (Phi) is 9.79. The van der Waals surface area contributed by atoms with E-state index in [1.165, 1.54) is 5.56 Å². The zero-order valence-corrected chi connectivity index (χ0v) is 18.5. The summed E-state index contributed by atoms with van der Waals surface area (Å²) in [6.07, 6.45) is 3.65. The summed E-state index contributed by atoms with van der Waals surface area (Å²) in [4.78, 5) is 6.84. The average Bonchev–Trinajstić information content (AvgIpc) is 2.57. The van der Waals surface area contributed by atoms with Crippen LogP contribution in [0.15, 0.2) is 35.3 Å². The molecule has 1 N–H and O–H groups in total. The predicted molar refractivity (Wildman–Crippen MR) is 117 cm³/mol. The zero-order valence-electron chi connectivity index (χ0n) is 16.1. The summed E-state index contributed by atoms with van der Waals surface area (Å²) in [7, 11) is 1.88. The number of nitrogens with one attached hydrogen (secondary N) is 1. The number of aliphatic imine (C=N–C) groups is 1. The first-order valence-corrected chi connectivity index (χ1v) is 9.15. The molecule has 1 saturated heterocycles. The van der Waals surface area contributed by atoms with E-state index in [2.05, 4.69) is 66.3 Å². The SMILES string of the molecule is CCOC1CCN(C(=NC)NCC(C)(C)Cc2ccccc2)CC1.I. The lowest BCUT2D eigenvalue weighted by atomic mass is 9.86. The summed E-state index contributed by atoms with van der Waals surface area (Å²) in [6.45, 7) is 10.4. The van der Waals surface area contributed by atoms with Crippen LogP contribution in [0.5, 0.6) is 0 Å². The van der Waals surface area contributed by atoms with Gasteiger partial charge < -0.3 is 15.0 Å². The van der Waals surface area contributed by atoms with Gasteiger partial charge in [-0.3, -0.25) is 4.99 Å². The summed E-state index contributed by atoms with van der Waals surface area (Å²) in [6, 6.07) is 10.7. The van der Waals surface area contributed by atoms with Crippen molar-refractivity contribution >= 4 is 29.9 Å². The Morgan fingerprint density at radius 3 is 2.44 bits per heavy atom. The van der Waals surface area contributed by atoms with E-state index in [4.69, 9.17) is 4.74 Å². The minimum Gasteiger partial charge on any atom is -0.378 e. The van der Waals surface area contributed by atoms with Crippen molar-refractivity contribution < 1.29 is 4.74 Å². The molecule has 1 aliphatic rings. The molecule has 1 aromatic rings. The standard InChI is InChI=1S/C20H33N3O.HI/c1-5-24-18-11-13-23(14-12-18)19(21-4)22-16-20(2,3)15-17-9-7-6-8-10-17;/h6-10,18H,5,11-16H2,1-4H3,(H,21,22);1H. The van der Waals surface area contributed by atoms with Crippen molar-refractivity contribution in [1.29, 1.82) is 0 Å². The Morgan fingerprint density at radius 2 is 1.88 bits per heavy atom. The molecule has 0 aliphatic carbocycles. The molecule has 0 radical (unpaired) electrons. The molecule has 142 valence electrons. The maximum Gasteiger partial charge on any atom is 0.193 e. The second kappa shape index (κ2) is 11.0. The summed E-state index contributed by atoms with van der Waals surface area (Å²) >= 11 is 0. The van der Waals surface area contributed by atoms with Gasteiger partial charge in [-0.05, 0) is 37.2 Å². The van der Waals surface area contributed by atoms with E-state index in [1.54, 1.807) is 0 Å². The van der Waals surface area contributed by atoms with Gasteiger partial charge in [0.15, 0.2) is 5.96 Å². The number of nitrogens with zero attached hydrogens (tertiary/aromatic N) is 2. The molecule has 0 unspecified atom stereocenters. The molecule has 0 amide bonds. The van der Waals surface area contributed by atoms with E-state index >= 15 is 0 Å². The van der Waals surface area contributed by atoms with Crippen LogP contribution >= 0.6 is 24.0 Å². The molecule has 1 heterocycles. The van der Waals surface area contributed by atoms with Crippen molar-refractivity contribution in [3.05, 3.63) is 35.9 Å². The third kappa shape index (κ3) is 7.52. The number of likely N-dealkylation sites (tertiary alicyclic amines) is 1. The first-order chi connectivity index (χ1) is 11.5. The highest BCUT2D eigenvalue weighted by atomic mass is 127. The first-order valence-electron chi connectivity index (χ1n) is 9.15. The van der Waals surface area contributed by atoms with E-state index in [1.807, 2.05) is 7.05 Å². The minimum absolute atomic E-state index is 0. The van der Waals surface area contributed by atoms with E-state index in [-0.39, 0.29) is 29.4 Å². The molecule has 2 rings (SSSR count). The van der Waals surface area contributed by atoms with Gasteiger partial charge in [-0.15, -0.1) is 24.0 Å². The van der Waals surface area contributed by atoms with Crippen molar-refractivity contribution in [2.24, 2.45) is 10.4 Å². The number of halogens is 1. The lowest BCUT2D eigenvalue weighted by Crippen LogP contribution is -2.49. The molecular weight excluding hydrogens is 425 g/mol. The predicted octanol–water partition coefficient (Wildman–Crippen LogP) is 3.95. The van der Waals surface area contributed by atoms with Crippen molar-refractivity contribution in [1.82, 2.24) is 10.2 Å². The molecule has 5 heteroatoms. The quantitative estimate of drug-likeness (QED) is 0.398. The lowest BCUT2D eigenvalue weighted by molar-refractivity contribution is 0.0263. The second-order valence-electron chi connectivity index (χ2n) is 7.37. The van der Waals surface area contributed by atoms with Gasteiger partial charge in [0.2, 0.25) is 0 Å². The normalized spacial score (nSPS) is 16.5. The first kappa shape index (κ1) is 22.2. The monoisotopic (exact) mass is 459 g/mol. The second-order valence-corrected chi connectivity index (χ2v) is 7.37. The number of ether oxygens (including phenoxy) is 1. The summed E-state index contributed by atoms with van der Waals surface area (Å²) in [5.41, 5.74) is 1.57. The largest absolute Gasteiger partial charge is 0.378 e. The Labute approximate surface area is 170 Å². The van der Waals surface area contributed by atoms with E-state index in [0.717, 1.165) is 51.5 Å². The highest BCUT2D eigenvalue weighted by Crippen LogP contribution is 2.21. The number of hydrogen-bond donors (Lipinski definition) is 1. The molecule has 0 spiro atoms. The van der Waals surface area contributed by atoms with Crippen molar-refractivity contribution in [3.63, 3.8) is 0 Å². The van der Waals surface area contributed by atoms with Gasteiger partial charge >= 0.3 is 0 Å². The number of guanidine groups is 1. The fraction of sp³-hybridized carbons (Fsp3) is 0.650. The zero-order chi connectivity index (χ0) is 17.4. The van der Waals surface area contributed by atoms with Crippen LogP contribution in [0.4, 0.5) is 0 Å². The maximum absolute atomic E-state index is 5.74. The summed E-state index contributed by atoms with van der Waals surface area (Å²) in [5.74, 6) is 1.02. The Bertz CT molecular complexity index is 511. The molecule has 0 aromatic heterocycles. The highest BCUT2D eigenvalue weighted by Gasteiger charge is 2.24. The van der Waals surface area contributed by atoms with Crippen LogP contribution in [0, 0.1) is 5.41 Å². The molecular formula is C20H34IN3O. The molecule has 1 aliphatic heterocycles. The van der Waals surface area contributed by atoms with Gasteiger partial charge in [-0.1, -0.05) is 44.2 Å². The fourth-order valence-corrected chi connectivity index (χ4v) is 3.33. The minimum atomic E-state index is 0. The van der Waals surface area contributed by atoms with Gasteiger partial charge in [-0.2, -0.15) is 0 Å². The van der Waals surface area contributed by atoms with Gasteiger partial charge in [0, 0.05) is 33.3 Å². The van der Waals surface area contributed by atoms with E-state index in [9.17, 15) is 0 Å². The summed E-state index contributed by atoms with van der Waals surface area (Å²) < 4.78 is 5.74. The third-order valence-corrected chi connectivity index (χ3v) is 4.61. The maximum atomic E-state index is 5.74. The van der Waals surface area contributed by atoms with Gasteiger partial charge in [0.1, 0.15) is 0 Å². The van der Waals surface area contributed by atoms with Crippen LogP contribution in [-0.4, -0.2) is 50.3 Å². The number of piperidine rings is 1. The topological polar surface area (TPSA) is 36.9 Å². The van der Waals surface area contributed by atoms with Crippen molar-refractivity contribution in [2.45, 2.75) is 46.1 Å². The number of rotatable bonds is 6. The van der Waals surface area contributed by atoms with Crippen LogP contribution < -0.4 is 5.32 Å². The van der Waals surface area contributed by atoms with E-state index < -0.39 is 0 Å². The van der Waals surface area contributed by atoms with Crippen LogP contribution in [0.1, 0.15) is 39.2 Å². The van der Waals surface area contributed by atoms with Crippen LogP contribution in [0.3, 0.4) is 0 Å². The molecule has 0 atom stereocenters. The average molecular weight is 459 g/mol. The third-order valence-electron chi connectivity index (χ3n) is 4.61. The Morgan fingerprint density at radius 1 is 1.24 bits per heavy atom. The molecule has 0 saturated carbocycles. The van der Waals surface area contributed by atoms with Crippen molar-refractivity contribution in [2.75, 3.05) is 33.3 Å². The Balaban J connectivity index is 0.00000312. The van der Waals surface area contributed by atoms with Gasteiger partial charge in [0.05, 0.1) is 6.10 Å². The van der Waals surface area contributed by atoms with Gasteiger partial charge in [0.25, 0.3) is 0 Å².